The number of piperidine rings is 2. The van der Waals surface area contributed by atoms with E-state index in [0.717, 1.165) is 32.0 Å². The summed E-state index contributed by atoms with van der Waals surface area (Å²) in [5, 5.41) is 5.90. The zero-order chi connectivity index (χ0) is 21.4. The molecule has 4 aliphatic rings. The van der Waals surface area contributed by atoms with Crippen LogP contribution in [0.25, 0.3) is 0 Å². The van der Waals surface area contributed by atoms with Crippen LogP contribution in [0.5, 0.6) is 0 Å². The molecule has 2 amide bonds. The summed E-state index contributed by atoms with van der Waals surface area (Å²) in [5.41, 5.74) is 1.56. The van der Waals surface area contributed by atoms with Crippen molar-refractivity contribution in [2.24, 2.45) is 5.92 Å². The Labute approximate surface area is 185 Å². The SMILES string of the molecule is C[NH+]1CCC([NH+]2C[C@@H]3C[C@H](C2)c2ccc(NC(=O)NC4CCCCC4)c(=O)n2C3)CC1. The molecule has 7 nitrogen and oxygen atoms in total. The van der Waals surface area contributed by atoms with E-state index in [0.29, 0.717) is 17.5 Å². The normalized spacial score (nSPS) is 33.4. The summed E-state index contributed by atoms with van der Waals surface area (Å²) in [5.74, 6) is 1.03. The number of aromatic nitrogens is 1. The molecule has 0 aromatic carbocycles. The van der Waals surface area contributed by atoms with Crippen molar-refractivity contribution in [1.82, 2.24) is 9.88 Å². The van der Waals surface area contributed by atoms with E-state index < -0.39 is 0 Å². The smallest absolute Gasteiger partial charge is 0.319 e. The molecule has 5 rings (SSSR count). The van der Waals surface area contributed by atoms with Crippen LogP contribution in [0.3, 0.4) is 0 Å². The number of fused-ring (bicyclic) bond motifs is 4. The zero-order valence-electron chi connectivity index (χ0n) is 18.9. The molecule has 1 saturated carbocycles. The summed E-state index contributed by atoms with van der Waals surface area (Å²) in [4.78, 5) is 29.1. The van der Waals surface area contributed by atoms with Crippen molar-refractivity contribution in [2.75, 3.05) is 38.5 Å². The largest absolute Gasteiger partial charge is 0.337 e. The molecule has 3 fully saturated rings. The highest BCUT2D eigenvalue weighted by atomic mass is 16.2. The Morgan fingerprint density at radius 3 is 2.61 bits per heavy atom. The average molecular weight is 430 g/mol. The van der Waals surface area contributed by atoms with Gasteiger partial charge in [-0.3, -0.25) is 4.79 Å². The maximum Gasteiger partial charge on any atom is 0.319 e. The lowest BCUT2D eigenvalue weighted by atomic mass is 9.82. The summed E-state index contributed by atoms with van der Waals surface area (Å²) < 4.78 is 1.96. The molecule has 1 unspecified atom stereocenters. The standard InChI is InChI=1S/C24H37N5O2/c1-27-11-9-20(10-12-27)28-14-17-13-18(16-28)22-8-7-21(23(30)29(22)15-17)26-24(31)25-19-5-3-2-4-6-19/h7-8,17-20H,2-6,9-16H2,1H3,(H2,25,26,31)/p+2/t17-,18+/m0/s1. The molecule has 4 heterocycles. The van der Waals surface area contributed by atoms with Crippen molar-refractivity contribution in [3.8, 4) is 0 Å². The molecular formula is C24H39N5O2+2. The van der Waals surface area contributed by atoms with Crippen molar-refractivity contribution in [3.05, 3.63) is 28.2 Å². The third-order valence-electron chi connectivity index (χ3n) is 8.35. The minimum absolute atomic E-state index is 0.0302. The molecule has 1 aromatic rings. The molecule has 170 valence electrons. The van der Waals surface area contributed by atoms with Crippen molar-refractivity contribution < 1.29 is 14.6 Å². The Balaban J connectivity index is 1.27. The van der Waals surface area contributed by atoms with E-state index in [2.05, 4.69) is 23.7 Å². The number of rotatable bonds is 3. The zero-order valence-corrected chi connectivity index (χ0v) is 18.9. The van der Waals surface area contributed by atoms with E-state index in [1.165, 1.54) is 63.9 Å². The molecule has 3 aliphatic heterocycles. The van der Waals surface area contributed by atoms with Gasteiger partial charge in [0.15, 0.2) is 0 Å². The number of quaternary nitrogens is 2. The number of urea groups is 1. The van der Waals surface area contributed by atoms with Gasteiger partial charge >= 0.3 is 6.03 Å². The minimum Gasteiger partial charge on any atom is -0.337 e. The van der Waals surface area contributed by atoms with Crippen molar-refractivity contribution >= 4 is 11.7 Å². The molecule has 0 radical (unpaired) electrons. The molecule has 31 heavy (non-hydrogen) atoms. The molecule has 1 aromatic heterocycles. The maximum atomic E-state index is 13.2. The van der Waals surface area contributed by atoms with Crippen LogP contribution in [-0.4, -0.2) is 55.9 Å². The summed E-state index contributed by atoms with van der Waals surface area (Å²) in [7, 11) is 2.31. The van der Waals surface area contributed by atoms with Crippen LogP contribution >= 0.6 is 0 Å². The van der Waals surface area contributed by atoms with Crippen LogP contribution in [0.15, 0.2) is 16.9 Å². The Bertz CT molecular complexity index is 854. The number of carbonyl (C=O) groups excluding carboxylic acids is 1. The van der Waals surface area contributed by atoms with Gasteiger partial charge in [0.25, 0.3) is 5.56 Å². The number of likely N-dealkylation sites (tertiary alicyclic amines) is 2. The quantitative estimate of drug-likeness (QED) is 0.546. The molecule has 7 heteroatoms. The van der Waals surface area contributed by atoms with Gasteiger partial charge in [0.1, 0.15) is 5.69 Å². The Morgan fingerprint density at radius 1 is 1.06 bits per heavy atom. The molecule has 2 saturated heterocycles. The topological polar surface area (TPSA) is 72.0 Å². The minimum atomic E-state index is -0.236. The van der Waals surface area contributed by atoms with Crippen molar-refractivity contribution in [1.29, 1.82) is 0 Å². The van der Waals surface area contributed by atoms with Gasteiger partial charge in [0.05, 0.1) is 39.3 Å². The van der Waals surface area contributed by atoms with Gasteiger partial charge < -0.3 is 25.0 Å². The first kappa shape index (κ1) is 21.0. The van der Waals surface area contributed by atoms with Crippen molar-refractivity contribution in [2.45, 2.75) is 75.9 Å². The van der Waals surface area contributed by atoms with Crippen molar-refractivity contribution in [3.63, 3.8) is 0 Å². The highest BCUT2D eigenvalue weighted by Crippen LogP contribution is 2.31. The number of amides is 2. The van der Waals surface area contributed by atoms with E-state index in [-0.39, 0.29) is 17.6 Å². The fourth-order valence-electron chi connectivity index (χ4n) is 6.64. The van der Waals surface area contributed by atoms with E-state index in [9.17, 15) is 9.59 Å². The summed E-state index contributed by atoms with van der Waals surface area (Å²) >= 11 is 0. The number of pyridine rings is 1. The predicted molar refractivity (Wildman–Crippen MR) is 121 cm³/mol. The summed E-state index contributed by atoms with van der Waals surface area (Å²) in [6, 6.07) is 4.73. The van der Waals surface area contributed by atoms with Gasteiger partial charge in [-0.05, 0) is 31.4 Å². The molecule has 2 bridgehead atoms. The molecule has 0 spiro atoms. The van der Waals surface area contributed by atoms with Gasteiger partial charge in [0, 0.05) is 43.0 Å². The molecule has 3 atom stereocenters. The van der Waals surface area contributed by atoms with Crippen LogP contribution in [0.1, 0.15) is 63.0 Å². The van der Waals surface area contributed by atoms with Crippen LogP contribution < -0.4 is 26.0 Å². The number of carbonyl (C=O) groups is 1. The highest BCUT2D eigenvalue weighted by Gasteiger charge is 2.41. The van der Waals surface area contributed by atoms with Gasteiger partial charge in [-0.15, -0.1) is 0 Å². The highest BCUT2D eigenvalue weighted by molar-refractivity contribution is 5.89. The first-order valence-corrected chi connectivity index (χ1v) is 12.5. The van der Waals surface area contributed by atoms with Gasteiger partial charge in [0.2, 0.25) is 0 Å². The molecule has 1 aliphatic carbocycles. The van der Waals surface area contributed by atoms with Crippen LogP contribution in [-0.2, 0) is 6.54 Å². The third kappa shape index (κ3) is 4.53. The molecule has 4 N–H and O–H groups in total. The Kier molecular flexibility index (Phi) is 6.06. The number of hydrogen-bond donors (Lipinski definition) is 4. The van der Waals surface area contributed by atoms with Crippen LogP contribution in [0, 0.1) is 5.92 Å². The Morgan fingerprint density at radius 2 is 1.84 bits per heavy atom. The molecular weight excluding hydrogens is 390 g/mol. The van der Waals surface area contributed by atoms with Gasteiger partial charge in [-0.2, -0.15) is 0 Å². The number of nitrogens with one attached hydrogen (secondary N) is 4. The van der Waals surface area contributed by atoms with E-state index in [4.69, 9.17) is 0 Å². The lowest BCUT2D eigenvalue weighted by Gasteiger charge is -2.44. The average Bonchev–Trinajstić information content (AvgIpc) is 2.77. The summed E-state index contributed by atoms with van der Waals surface area (Å²) in [6.45, 7) is 5.71. The lowest BCUT2D eigenvalue weighted by Crippen LogP contribution is -3.21. The lowest BCUT2D eigenvalue weighted by molar-refractivity contribution is -0.959. The second-order valence-corrected chi connectivity index (χ2v) is 10.6. The van der Waals surface area contributed by atoms with E-state index in [1.807, 2.05) is 10.6 Å². The predicted octanol–water partition coefficient (Wildman–Crippen LogP) is -0.0184. The van der Waals surface area contributed by atoms with Crippen LogP contribution in [0.4, 0.5) is 10.5 Å². The number of hydrogen-bond acceptors (Lipinski definition) is 2. The van der Waals surface area contributed by atoms with Gasteiger partial charge in [-0.25, -0.2) is 4.79 Å². The third-order valence-corrected chi connectivity index (χ3v) is 8.35. The fourth-order valence-corrected chi connectivity index (χ4v) is 6.64. The number of nitrogens with zero attached hydrogens (tertiary/aromatic N) is 1. The first-order valence-electron chi connectivity index (χ1n) is 12.5. The fraction of sp³-hybridized carbons (Fsp3) is 0.750. The maximum absolute atomic E-state index is 13.2. The second kappa shape index (κ2) is 8.94. The Hall–Kier alpha value is -1.86. The van der Waals surface area contributed by atoms with Gasteiger partial charge in [-0.1, -0.05) is 19.3 Å². The summed E-state index contributed by atoms with van der Waals surface area (Å²) in [6.07, 6.45) is 9.54. The first-order chi connectivity index (χ1) is 15.1. The monoisotopic (exact) mass is 429 g/mol. The van der Waals surface area contributed by atoms with Crippen LogP contribution in [0.2, 0.25) is 0 Å². The second-order valence-electron chi connectivity index (χ2n) is 10.6. The van der Waals surface area contributed by atoms with E-state index in [1.54, 1.807) is 9.80 Å². The van der Waals surface area contributed by atoms with E-state index >= 15 is 0 Å². The number of anilines is 1.